The lowest BCUT2D eigenvalue weighted by molar-refractivity contribution is -0.858. The third-order valence-electron chi connectivity index (χ3n) is 4.07. The number of para-hydroxylation sites is 1. The molecule has 27 heavy (non-hydrogen) atoms. The van der Waals surface area contributed by atoms with E-state index in [-0.39, 0.29) is 0 Å². The van der Waals surface area contributed by atoms with E-state index >= 15 is 0 Å². The third-order valence-corrected chi connectivity index (χ3v) is 5.42. The Hall–Kier alpha value is -2.09. The molecule has 0 aliphatic rings. The molecule has 0 atom stereocenters. The lowest BCUT2D eigenvalue weighted by Crippen LogP contribution is -3.05. The van der Waals surface area contributed by atoms with Crippen molar-refractivity contribution in [3.05, 3.63) is 58.6 Å². The maximum absolute atomic E-state index is 14.2. The number of thiazole rings is 1. The standard InChI is InChI=1S/C19H18ClF2N3OS/c1-24(2)10-5-11-25(18(26)16-13(21)7-4-8-14(16)22)19-23-17-12(20)6-3-9-15(17)27-19/h3-4,6-9H,5,10-11H2,1-2H3/p+1. The number of aromatic nitrogens is 1. The quantitative estimate of drug-likeness (QED) is 0.676. The van der Waals surface area contributed by atoms with E-state index < -0.39 is 23.1 Å². The molecule has 0 spiro atoms. The summed E-state index contributed by atoms with van der Waals surface area (Å²) >= 11 is 7.46. The molecule has 142 valence electrons. The molecule has 3 aromatic rings. The molecule has 2 aromatic carbocycles. The fourth-order valence-corrected chi connectivity index (χ4v) is 4.02. The van der Waals surface area contributed by atoms with Crippen LogP contribution < -0.4 is 9.80 Å². The molecule has 1 amide bonds. The van der Waals surface area contributed by atoms with Gasteiger partial charge in [-0.05, 0) is 24.3 Å². The number of nitrogens with one attached hydrogen (secondary N) is 1. The minimum Gasteiger partial charge on any atom is -0.340 e. The van der Waals surface area contributed by atoms with Crippen LogP contribution in [0.2, 0.25) is 5.02 Å². The Morgan fingerprint density at radius 3 is 2.48 bits per heavy atom. The highest BCUT2D eigenvalue weighted by Crippen LogP contribution is 2.33. The van der Waals surface area contributed by atoms with Gasteiger partial charge in [-0.2, -0.15) is 0 Å². The SMILES string of the molecule is C[NH+](C)CCCN(C(=O)c1c(F)cccc1F)c1nc2c(Cl)cccc2s1. The Kier molecular flexibility index (Phi) is 6.04. The van der Waals surface area contributed by atoms with Crippen LogP contribution >= 0.6 is 22.9 Å². The summed E-state index contributed by atoms with van der Waals surface area (Å²) in [5.74, 6) is -2.51. The molecule has 0 radical (unpaired) electrons. The van der Waals surface area contributed by atoms with Gasteiger partial charge in [-0.15, -0.1) is 0 Å². The molecule has 4 nitrogen and oxygen atoms in total. The van der Waals surface area contributed by atoms with E-state index in [0.29, 0.717) is 28.6 Å². The smallest absolute Gasteiger partial charge is 0.266 e. The fourth-order valence-electron chi connectivity index (χ4n) is 2.73. The Labute approximate surface area is 165 Å². The Morgan fingerprint density at radius 2 is 1.85 bits per heavy atom. The van der Waals surface area contributed by atoms with Crippen LogP contribution in [0.5, 0.6) is 0 Å². The van der Waals surface area contributed by atoms with Crippen LogP contribution in [0.1, 0.15) is 16.8 Å². The number of benzene rings is 2. The second-order valence-corrected chi connectivity index (χ2v) is 7.86. The molecular formula is C19H19ClF2N3OS+. The summed E-state index contributed by atoms with van der Waals surface area (Å²) in [4.78, 5) is 20.0. The number of carbonyl (C=O) groups is 1. The molecule has 0 unspecified atom stereocenters. The number of nitrogens with zero attached hydrogens (tertiary/aromatic N) is 2. The van der Waals surface area contributed by atoms with E-state index in [0.717, 1.165) is 23.4 Å². The van der Waals surface area contributed by atoms with Crippen molar-refractivity contribution < 1.29 is 18.5 Å². The number of quaternary nitrogens is 1. The summed E-state index contributed by atoms with van der Waals surface area (Å²) in [5, 5.41) is 0.844. The van der Waals surface area contributed by atoms with Gasteiger partial charge in [0.1, 0.15) is 22.7 Å². The molecule has 1 heterocycles. The fraction of sp³-hybridized carbons (Fsp3) is 0.263. The number of hydrogen-bond donors (Lipinski definition) is 1. The van der Waals surface area contributed by atoms with Gasteiger partial charge in [-0.25, -0.2) is 13.8 Å². The Morgan fingerprint density at radius 1 is 1.19 bits per heavy atom. The van der Waals surface area contributed by atoms with Crippen molar-refractivity contribution >= 4 is 44.2 Å². The maximum Gasteiger partial charge on any atom is 0.266 e. The molecular weight excluding hydrogens is 392 g/mol. The maximum atomic E-state index is 14.2. The van der Waals surface area contributed by atoms with E-state index in [1.165, 1.54) is 27.2 Å². The predicted octanol–water partition coefficient (Wildman–Crippen LogP) is 3.41. The van der Waals surface area contributed by atoms with Gasteiger partial charge in [0.15, 0.2) is 5.13 Å². The van der Waals surface area contributed by atoms with Crippen molar-refractivity contribution in [2.45, 2.75) is 6.42 Å². The van der Waals surface area contributed by atoms with Crippen molar-refractivity contribution in [3.8, 4) is 0 Å². The first-order valence-corrected chi connectivity index (χ1v) is 9.68. The molecule has 0 aliphatic heterocycles. The molecule has 1 N–H and O–H groups in total. The van der Waals surface area contributed by atoms with Gasteiger partial charge >= 0.3 is 0 Å². The molecule has 0 aliphatic carbocycles. The minimum absolute atomic E-state index is 0.301. The first kappa shape index (κ1) is 19.7. The molecule has 0 saturated carbocycles. The molecule has 1 aromatic heterocycles. The van der Waals surface area contributed by atoms with Crippen LogP contribution in [0.4, 0.5) is 13.9 Å². The average molecular weight is 411 g/mol. The van der Waals surface area contributed by atoms with Gasteiger partial charge in [0.2, 0.25) is 0 Å². The van der Waals surface area contributed by atoms with E-state index in [1.54, 1.807) is 12.1 Å². The highest BCUT2D eigenvalue weighted by molar-refractivity contribution is 7.22. The van der Waals surface area contributed by atoms with Gasteiger partial charge in [-0.3, -0.25) is 9.69 Å². The van der Waals surface area contributed by atoms with Crippen molar-refractivity contribution in [1.29, 1.82) is 0 Å². The molecule has 0 fully saturated rings. The zero-order valence-corrected chi connectivity index (χ0v) is 16.5. The van der Waals surface area contributed by atoms with Crippen LogP contribution in [0.25, 0.3) is 10.2 Å². The van der Waals surface area contributed by atoms with E-state index in [1.807, 2.05) is 20.2 Å². The van der Waals surface area contributed by atoms with Crippen LogP contribution in [-0.4, -0.2) is 38.1 Å². The highest BCUT2D eigenvalue weighted by atomic mass is 35.5. The zero-order chi connectivity index (χ0) is 19.6. The minimum atomic E-state index is -0.887. The van der Waals surface area contributed by atoms with Gasteiger partial charge in [0.05, 0.1) is 30.4 Å². The number of anilines is 1. The lowest BCUT2D eigenvalue weighted by atomic mass is 10.1. The van der Waals surface area contributed by atoms with Gasteiger partial charge in [-0.1, -0.05) is 35.1 Å². The van der Waals surface area contributed by atoms with Crippen molar-refractivity contribution in [1.82, 2.24) is 4.98 Å². The van der Waals surface area contributed by atoms with Crippen molar-refractivity contribution in [2.24, 2.45) is 0 Å². The van der Waals surface area contributed by atoms with E-state index in [2.05, 4.69) is 4.98 Å². The monoisotopic (exact) mass is 410 g/mol. The normalized spacial score (nSPS) is 11.3. The first-order chi connectivity index (χ1) is 12.9. The van der Waals surface area contributed by atoms with Gasteiger partial charge in [0, 0.05) is 13.0 Å². The number of rotatable bonds is 6. The predicted molar refractivity (Wildman–Crippen MR) is 105 cm³/mol. The van der Waals surface area contributed by atoms with Gasteiger partial charge < -0.3 is 4.90 Å². The van der Waals surface area contributed by atoms with Crippen LogP contribution in [-0.2, 0) is 0 Å². The topological polar surface area (TPSA) is 37.6 Å². The van der Waals surface area contributed by atoms with E-state index in [9.17, 15) is 13.6 Å². The summed E-state index contributed by atoms with van der Waals surface area (Å²) in [5.41, 5.74) is 0.00394. The van der Waals surface area contributed by atoms with Gasteiger partial charge in [0.25, 0.3) is 5.91 Å². The molecule has 0 bridgehead atoms. The van der Waals surface area contributed by atoms with Crippen LogP contribution in [0.3, 0.4) is 0 Å². The largest absolute Gasteiger partial charge is 0.340 e. The number of fused-ring (bicyclic) bond motifs is 1. The highest BCUT2D eigenvalue weighted by Gasteiger charge is 2.26. The first-order valence-electron chi connectivity index (χ1n) is 8.48. The summed E-state index contributed by atoms with van der Waals surface area (Å²) in [6.07, 6.45) is 0.661. The van der Waals surface area contributed by atoms with E-state index in [4.69, 9.17) is 11.6 Å². The number of carbonyl (C=O) groups excluding carboxylic acids is 1. The van der Waals surface area contributed by atoms with Crippen LogP contribution in [0.15, 0.2) is 36.4 Å². The molecule has 3 rings (SSSR count). The third kappa shape index (κ3) is 4.26. The van der Waals surface area contributed by atoms with Crippen LogP contribution in [0, 0.1) is 11.6 Å². The average Bonchev–Trinajstić information content (AvgIpc) is 3.03. The second-order valence-electron chi connectivity index (χ2n) is 6.45. The molecule has 8 heteroatoms. The Balaban J connectivity index is 2.02. The van der Waals surface area contributed by atoms with Crippen molar-refractivity contribution in [3.63, 3.8) is 0 Å². The summed E-state index contributed by atoms with van der Waals surface area (Å²) in [6, 6.07) is 8.74. The summed E-state index contributed by atoms with van der Waals surface area (Å²) < 4.78 is 29.1. The number of halogens is 3. The lowest BCUT2D eigenvalue weighted by Gasteiger charge is -2.21. The Bertz CT molecular complexity index is 956. The zero-order valence-electron chi connectivity index (χ0n) is 14.9. The number of hydrogen-bond acceptors (Lipinski definition) is 3. The van der Waals surface area contributed by atoms with Crippen molar-refractivity contribution in [2.75, 3.05) is 32.1 Å². The molecule has 0 saturated heterocycles. The second kappa shape index (κ2) is 8.29. The summed E-state index contributed by atoms with van der Waals surface area (Å²) in [7, 11) is 4.00. The number of amides is 1. The summed E-state index contributed by atoms with van der Waals surface area (Å²) in [6.45, 7) is 1.10.